The number of phenols is 2. The summed E-state index contributed by atoms with van der Waals surface area (Å²) in [6.07, 6.45) is 0.0152. The molecule has 2 aromatic rings. The predicted molar refractivity (Wildman–Crippen MR) is 136 cm³/mol. The molecule has 0 heterocycles. The summed E-state index contributed by atoms with van der Waals surface area (Å²) in [4.78, 5) is 49.5. The number of nitrogens with two attached hydrogens (primary N) is 1. The molecule has 3 amide bonds. The van der Waals surface area contributed by atoms with Crippen LogP contribution in [0.25, 0.3) is 0 Å². The number of aliphatic hydroxyl groups is 1. The number of aliphatic carboxylic acids is 1. The van der Waals surface area contributed by atoms with Crippen LogP contribution in [0.15, 0.2) is 48.5 Å². The maximum Gasteiger partial charge on any atom is 0.327 e. The first kappa shape index (κ1) is 29.4. The summed E-state index contributed by atoms with van der Waals surface area (Å²) in [5, 5.41) is 44.8. The van der Waals surface area contributed by atoms with Crippen LogP contribution in [0.5, 0.6) is 11.5 Å². The Kier molecular flexibility index (Phi) is 11.2. The molecule has 0 fully saturated rings. The molecule has 2 rings (SSSR count). The van der Waals surface area contributed by atoms with Crippen LogP contribution in [0.4, 0.5) is 0 Å². The largest absolute Gasteiger partial charge is 0.508 e. The number of nitrogens with one attached hydrogen (secondary N) is 3. The fourth-order valence-electron chi connectivity index (χ4n) is 3.26. The normalized spacial score (nSPS) is 14.0. The topological polar surface area (TPSA) is 211 Å². The van der Waals surface area contributed by atoms with Gasteiger partial charge in [0, 0.05) is 12.2 Å². The highest BCUT2D eigenvalue weighted by Crippen LogP contribution is 2.13. The fourth-order valence-corrected chi connectivity index (χ4v) is 3.51. The number of carbonyl (C=O) groups excluding carboxylic acids is 3. The van der Waals surface area contributed by atoms with E-state index in [1.54, 1.807) is 12.1 Å². The van der Waals surface area contributed by atoms with E-state index in [1.165, 1.54) is 36.4 Å². The minimum Gasteiger partial charge on any atom is -0.508 e. The summed E-state index contributed by atoms with van der Waals surface area (Å²) in [5.74, 6) is -3.94. The van der Waals surface area contributed by atoms with E-state index in [2.05, 4.69) is 28.6 Å². The Morgan fingerprint density at radius 2 is 1.16 bits per heavy atom. The van der Waals surface area contributed by atoms with Crippen molar-refractivity contribution in [3.05, 3.63) is 59.7 Å². The second kappa shape index (κ2) is 14.1. The molecule has 200 valence electrons. The second-order valence-electron chi connectivity index (χ2n) is 8.23. The van der Waals surface area contributed by atoms with Gasteiger partial charge in [0.05, 0.1) is 12.6 Å². The summed E-state index contributed by atoms with van der Waals surface area (Å²) in [6.45, 7) is -0.800. The second-order valence-corrected chi connectivity index (χ2v) is 8.60. The molecule has 0 saturated heterocycles. The third kappa shape index (κ3) is 9.29. The lowest BCUT2D eigenvalue weighted by Crippen LogP contribution is -2.58. The molecule has 0 aliphatic rings. The van der Waals surface area contributed by atoms with Gasteiger partial charge in [-0.05, 0) is 41.8 Å². The van der Waals surface area contributed by atoms with Crippen LogP contribution in [-0.2, 0) is 32.0 Å². The van der Waals surface area contributed by atoms with E-state index in [0.29, 0.717) is 11.1 Å². The number of rotatable bonds is 13. The summed E-state index contributed by atoms with van der Waals surface area (Å²) >= 11 is 3.91. The lowest BCUT2D eigenvalue weighted by atomic mass is 10.0. The van der Waals surface area contributed by atoms with Gasteiger partial charge in [-0.2, -0.15) is 12.6 Å². The van der Waals surface area contributed by atoms with Gasteiger partial charge in [-0.15, -0.1) is 0 Å². The molecule has 12 nitrogen and oxygen atoms in total. The third-order valence-corrected chi connectivity index (χ3v) is 5.72. The fraction of sp³-hybridized carbons (Fsp3) is 0.333. The van der Waals surface area contributed by atoms with E-state index < -0.39 is 54.5 Å². The van der Waals surface area contributed by atoms with Crippen molar-refractivity contribution in [2.75, 3.05) is 12.4 Å². The average Bonchev–Trinajstić information content (AvgIpc) is 2.87. The molecule has 2 aromatic carbocycles. The van der Waals surface area contributed by atoms with E-state index in [9.17, 15) is 39.6 Å². The SMILES string of the molecule is NC(Cc1ccc(O)cc1)C(=O)NC(CO)C(=O)NC(Cc1ccc(O)cc1)C(=O)NC(CS)C(=O)O. The Balaban J connectivity index is 2.11. The molecule has 0 radical (unpaired) electrons. The average molecular weight is 535 g/mol. The molecule has 0 bridgehead atoms. The van der Waals surface area contributed by atoms with Gasteiger partial charge < -0.3 is 42.1 Å². The lowest BCUT2D eigenvalue weighted by Gasteiger charge is -2.24. The minimum atomic E-state index is -1.45. The molecule has 13 heteroatoms. The summed E-state index contributed by atoms with van der Waals surface area (Å²) < 4.78 is 0. The molecule has 0 aliphatic carbocycles. The van der Waals surface area contributed by atoms with E-state index >= 15 is 0 Å². The molecule has 0 aromatic heterocycles. The van der Waals surface area contributed by atoms with Crippen molar-refractivity contribution in [1.82, 2.24) is 16.0 Å². The summed E-state index contributed by atoms with van der Waals surface area (Å²) in [5.41, 5.74) is 7.12. The number of benzene rings is 2. The van der Waals surface area contributed by atoms with Crippen LogP contribution in [0.1, 0.15) is 11.1 Å². The van der Waals surface area contributed by atoms with Crippen molar-refractivity contribution < 1.29 is 39.6 Å². The van der Waals surface area contributed by atoms with Gasteiger partial charge in [-0.25, -0.2) is 4.79 Å². The zero-order valence-corrected chi connectivity index (χ0v) is 20.6. The number of carbonyl (C=O) groups is 4. The zero-order valence-electron chi connectivity index (χ0n) is 19.7. The monoisotopic (exact) mass is 534 g/mol. The Hall–Kier alpha value is -3.81. The van der Waals surface area contributed by atoms with Crippen LogP contribution >= 0.6 is 12.6 Å². The Bertz CT molecular complexity index is 1080. The van der Waals surface area contributed by atoms with E-state index in [0.717, 1.165) is 0 Å². The third-order valence-electron chi connectivity index (χ3n) is 5.35. The first-order chi connectivity index (χ1) is 17.5. The highest BCUT2D eigenvalue weighted by molar-refractivity contribution is 7.80. The zero-order chi connectivity index (χ0) is 27.5. The van der Waals surface area contributed by atoms with Crippen LogP contribution in [0, 0.1) is 0 Å². The molecule has 0 spiro atoms. The number of hydrogen-bond donors (Lipinski definition) is 9. The Labute approximate surface area is 218 Å². The van der Waals surface area contributed by atoms with E-state index in [4.69, 9.17) is 5.73 Å². The number of carboxylic acids is 1. The molecule has 4 atom stereocenters. The smallest absolute Gasteiger partial charge is 0.327 e. The number of aromatic hydroxyl groups is 2. The van der Waals surface area contributed by atoms with Gasteiger partial charge >= 0.3 is 5.97 Å². The maximum atomic E-state index is 12.9. The standard InChI is InChI=1S/C24H30N4O8S/c25-17(9-13-1-5-15(30)6-2-13)21(32)27-19(11-29)23(34)26-18(10-14-3-7-16(31)8-4-14)22(33)28-20(12-37)24(35)36/h1-8,17-20,29-31,37H,9-12,25H2,(H,26,34)(H,27,32)(H,28,33)(H,35,36). The Morgan fingerprint density at radius 1 is 0.730 bits per heavy atom. The van der Waals surface area contributed by atoms with Gasteiger partial charge in [0.25, 0.3) is 0 Å². The van der Waals surface area contributed by atoms with Gasteiger partial charge in [0.1, 0.15) is 29.6 Å². The molecule has 0 aliphatic heterocycles. The van der Waals surface area contributed by atoms with Crippen molar-refractivity contribution in [2.45, 2.75) is 37.0 Å². The number of hydrogen-bond acceptors (Lipinski definition) is 9. The van der Waals surface area contributed by atoms with Crippen LogP contribution in [0.2, 0.25) is 0 Å². The first-order valence-corrected chi connectivity index (χ1v) is 11.8. The van der Waals surface area contributed by atoms with Crippen molar-refractivity contribution in [2.24, 2.45) is 5.73 Å². The van der Waals surface area contributed by atoms with Crippen molar-refractivity contribution in [1.29, 1.82) is 0 Å². The number of thiol groups is 1. The number of phenolic OH excluding ortho intramolecular Hbond substituents is 2. The quantitative estimate of drug-likeness (QED) is 0.139. The molecular formula is C24H30N4O8S. The van der Waals surface area contributed by atoms with E-state index in [-0.39, 0.29) is 30.1 Å². The first-order valence-electron chi connectivity index (χ1n) is 11.2. The van der Waals surface area contributed by atoms with Crippen LogP contribution < -0.4 is 21.7 Å². The van der Waals surface area contributed by atoms with Crippen molar-refractivity contribution >= 4 is 36.3 Å². The maximum absolute atomic E-state index is 12.9. The van der Waals surface area contributed by atoms with Gasteiger partial charge in [-0.1, -0.05) is 24.3 Å². The van der Waals surface area contributed by atoms with Crippen LogP contribution in [0.3, 0.4) is 0 Å². The molecule has 0 saturated carbocycles. The van der Waals surface area contributed by atoms with Crippen LogP contribution in [-0.4, -0.2) is 80.6 Å². The highest BCUT2D eigenvalue weighted by Gasteiger charge is 2.30. The predicted octanol–water partition coefficient (Wildman–Crippen LogP) is -1.33. The number of amides is 3. The summed E-state index contributed by atoms with van der Waals surface area (Å²) in [6, 6.07) is 6.71. The van der Waals surface area contributed by atoms with Crippen molar-refractivity contribution in [3.63, 3.8) is 0 Å². The molecule has 4 unspecified atom stereocenters. The highest BCUT2D eigenvalue weighted by atomic mass is 32.1. The molecule has 37 heavy (non-hydrogen) atoms. The molecule has 9 N–H and O–H groups in total. The van der Waals surface area contributed by atoms with Crippen molar-refractivity contribution in [3.8, 4) is 11.5 Å². The summed E-state index contributed by atoms with van der Waals surface area (Å²) in [7, 11) is 0. The lowest BCUT2D eigenvalue weighted by molar-refractivity contribution is -0.141. The minimum absolute atomic E-state index is 0.0125. The van der Waals surface area contributed by atoms with Gasteiger partial charge in [-0.3, -0.25) is 14.4 Å². The number of aliphatic hydroxyl groups excluding tert-OH is 1. The van der Waals surface area contributed by atoms with Gasteiger partial charge in [0.2, 0.25) is 17.7 Å². The Morgan fingerprint density at radius 3 is 1.62 bits per heavy atom. The van der Waals surface area contributed by atoms with E-state index in [1.807, 2.05) is 0 Å². The van der Waals surface area contributed by atoms with Gasteiger partial charge in [0.15, 0.2) is 0 Å². The molecular weight excluding hydrogens is 504 g/mol. The number of carboxylic acid groups (broad SMARTS) is 1.